The fourth-order valence-electron chi connectivity index (χ4n) is 4.08. The lowest BCUT2D eigenvalue weighted by Gasteiger charge is -2.16. The molecule has 2 aromatic heterocycles. The fourth-order valence-corrected chi connectivity index (χ4v) is 4.25. The van der Waals surface area contributed by atoms with E-state index in [2.05, 4.69) is 30.9 Å². The largest absolute Gasteiger partial charge is 0.497 e. The molecule has 0 fully saturated rings. The van der Waals surface area contributed by atoms with Gasteiger partial charge in [-0.3, -0.25) is 0 Å². The second-order valence-corrected chi connectivity index (χ2v) is 9.35. The Balaban J connectivity index is 1.35. The van der Waals surface area contributed by atoms with Gasteiger partial charge in [0.25, 0.3) is 0 Å². The Labute approximate surface area is 231 Å². The molecule has 0 spiro atoms. The van der Waals surface area contributed by atoms with Gasteiger partial charge in [0.05, 0.1) is 30.9 Å². The second kappa shape index (κ2) is 11.4. The van der Waals surface area contributed by atoms with Crippen molar-refractivity contribution in [1.29, 1.82) is 0 Å². The van der Waals surface area contributed by atoms with Crippen molar-refractivity contribution >= 4 is 62.6 Å². The van der Waals surface area contributed by atoms with Gasteiger partial charge in [-0.25, -0.2) is 4.98 Å². The van der Waals surface area contributed by atoms with Crippen molar-refractivity contribution in [3.05, 3.63) is 65.7 Å². The van der Waals surface area contributed by atoms with Crippen LogP contribution in [0, 0.1) is 0 Å². The van der Waals surface area contributed by atoms with E-state index in [1.54, 1.807) is 14.2 Å². The van der Waals surface area contributed by atoms with Gasteiger partial charge in [0.15, 0.2) is 0 Å². The number of benzene rings is 3. The Morgan fingerprint density at radius 2 is 1.44 bits per heavy atom. The van der Waals surface area contributed by atoms with Crippen molar-refractivity contribution < 1.29 is 9.47 Å². The molecule has 0 atom stereocenters. The summed E-state index contributed by atoms with van der Waals surface area (Å²) in [6.45, 7) is 1.15. The number of methoxy groups -OCH3 is 2. The van der Waals surface area contributed by atoms with Crippen molar-refractivity contribution in [1.82, 2.24) is 19.9 Å². The summed E-state index contributed by atoms with van der Waals surface area (Å²) in [7, 11) is 7.06. The van der Waals surface area contributed by atoms with E-state index in [1.807, 2.05) is 79.7 Å². The zero-order valence-corrected chi connectivity index (χ0v) is 22.9. The lowest BCUT2D eigenvalue weighted by Crippen LogP contribution is -2.19. The van der Waals surface area contributed by atoms with E-state index >= 15 is 0 Å². The average molecular weight is 545 g/mol. The molecule has 0 saturated carbocycles. The molecular weight excluding hydrogens is 516 g/mol. The number of ether oxygens (including phenoxy) is 2. The number of nitrogens with one attached hydrogen (secondary N) is 3. The third kappa shape index (κ3) is 5.96. The average Bonchev–Trinajstić information content (AvgIpc) is 2.94. The lowest BCUT2D eigenvalue weighted by atomic mass is 10.1. The highest BCUT2D eigenvalue weighted by molar-refractivity contribution is 6.31. The third-order valence-corrected chi connectivity index (χ3v) is 6.26. The van der Waals surface area contributed by atoms with Crippen LogP contribution in [0.5, 0.6) is 11.5 Å². The molecule has 0 aliphatic carbocycles. The fraction of sp³-hybridized carbons (Fsp3) is 0.214. The smallest absolute Gasteiger partial charge is 0.233 e. The Bertz CT molecular complexity index is 1610. The molecule has 2 heterocycles. The molecule has 0 unspecified atom stereocenters. The molecule has 200 valence electrons. The summed E-state index contributed by atoms with van der Waals surface area (Å²) in [5, 5.41) is 12.7. The van der Waals surface area contributed by atoms with Crippen LogP contribution in [0.4, 0.5) is 29.2 Å². The van der Waals surface area contributed by atoms with E-state index in [-0.39, 0.29) is 0 Å². The molecule has 0 radical (unpaired) electrons. The van der Waals surface area contributed by atoms with Gasteiger partial charge in [-0.2, -0.15) is 15.0 Å². The van der Waals surface area contributed by atoms with Crippen molar-refractivity contribution in [3.8, 4) is 11.5 Å². The minimum absolute atomic E-state index is 0.435. The zero-order chi connectivity index (χ0) is 27.4. The van der Waals surface area contributed by atoms with Gasteiger partial charge >= 0.3 is 0 Å². The number of fused-ring (bicyclic) bond motifs is 2. The molecule has 0 aliphatic heterocycles. The van der Waals surface area contributed by atoms with Crippen LogP contribution in [-0.2, 0) is 0 Å². The number of hydrogen-bond acceptors (Lipinski definition) is 10. The maximum Gasteiger partial charge on any atom is 0.233 e. The highest BCUT2D eigenvalue weighted by Crippen LogP contribution is 2.34. The van der Waals surface area contributed by atoms with Gasteiger partial charge in [-0.1, -0.05) is 11.6 Å². The molecule has 0 bridgehead atoms. The molecule has 10 nitrogen and oxygen atoms in total. The number of pyridine rings is 1. The van der Waals surface area contributed by atoms with Crippen molar-refractivity contribution in [2.75, 3.05) is 62.3 Å². The zero-order valence-electron chi connectivity index (χ0n) is 22.1. The number of hydrogen-bond donors (Lipinski definition) is 3. The molecule has 5 rings (SSSR count). The van der Waals surface area contributed by atoms with Gasteiger partial charge in [-0.05, 0) is 60.7 Å². The van der Waals surface area contributed by atoms with Crippen LogP contribution in [0.2, 0.25) is 5.02 Å². The van der Waals surface area contributed by atoms with Crippen molar-refractivity contribution in [2.45, 2.75) is 0 Å². The van der Waals surface area contributed by atoms with Gasteiger partial charge < -0.3 is 30.3 Å². The molecule has 0 aliphatic rings. The summed E-state index contributed by atoms with van der Waals surface area (Å²) >= 11 is 6.25. The first-order valence-corrected chi connectivity index (χ1v) is 12.7. The number of aromatic nitrogens is 4. The van der Waals surface area contributed by atoms with Crippen LogP contribution < -0.4 is 30.3 Å². The first kappa shape index (κ1) is 26.1. The van der Waals surface area contributed by atoms with E-state index in [0.29, 0.717) is 36.0 Å². The first-order valence-electron chi connectivity index (χ1n) is 12.3. The van der Waals surface area contributed by atoms with E-state index in [9.17, 15) is 0 Å². The van der Waals surface area contributed by atoms with Crippen molar-refractivity contribution in [3.63, 3.8) is 0 Å². The minimum Gasteiger partial charge on any atom is -0.497 e. The number of halogens is 1. The Kier molecular flexibility index (Phi) is 7.64. The molecule has 3 aromatic carbocycles. The quantitative estimate of drug-likeness (QED) is 0.152. The minimum atomic E-state index is 0.435. The normalized spacial score (nSPS) is 10.9. The number of rotatable bonds is 10. The topological polar surface area (TPSA) is 109 Å². The monoisotopic (exact) mass is 544 g/mol. The molecule has 5 aromatic rings. The van der Waals surface area contributed by atoms with Gasteiger partial charge in [0, 0.05) is 48.7 Å². The molecule has 39 heavy (non-hydrogen) atoms. The summed E-state index contributed by atoms with van der Waals surface area (Å²) < 4.78 is 10.7. The summed E-state index contributed by atoms with van der Waals surface area (Å²) in [5.74, 6) is 2.97. The van der Waals surface area contributed by atoms with Crippen LogP contribution >= 0.6 is 11.6 Å². The third-order valence-electron chi connectivity index (χ3n) is 6.02. The van der Waals surface area contributed by atoms with Gasteiger partial charge in [-0.15, -0.1) is 0 Å². The lowest BCUT2D eigenvalue weighted by molar-refractivity contribution is 0.415. The Morgan fingerprint density at radius 3 is 2.18 bits per heavy atom. The SMILES string of the molecule is COc1ccc(Nc2nc(NCCNc3c4ccc(Cl)cc4nc4ccc(OC)cc34)nc(N(C)C)n2)cc1. The standard InChI is InChI=1S/C28H29ClN8O2/c1-37(2)28-35-26(34-27(36-28)32-18-6-8-19(38-3)9-7-18)31-14-13-30-25-21-11-5-17(29)15-24(21)33-23-12-10-20(39-4)16-22(23)25/h5-12,15-16H,13-14H2,1-4H3,(H,30,33)(H2,31,32,34,35,36). The van der Waals surface area contributed by atoms with Crippen molar-refractivity contribution in [2.24, 2.45) is 0 Å². The Morgan fingerprint density at radius 1 is 0.718 bits per heavy atom. The van der Waals surface area contributed by atoms with Gasteiger partial charge in [0.2, 0.25) is 17.8 Å². The van der Waals surface area contributed by atoms with Crippen LogP contribution in [0.15, 0.2) is 60.7 Å². The number of anilines is 5. The van der Waals surface area contributed by atoms with Crippen LogP contribution in [0.25, 0.3) is 21.8 Å². The molecule has 0 amide bonds. The van der Waals surface area contributed by atoms with Crippen LogP contribution in [0.3, 0.4) is 0 Å². The Hall–Kier alpha value is -4.57. The van der Waals surface area contributed by atoms with E-state index in [0.717, 1.165) is 44.7 Å². The van der Waals surface area contributed by atoms with Gasteiger partial charge in [0.1, 0.15) is 11.5 Å². The molecule has 0 saturated heterocycles. The molecule has 3 N–H and O–H groups in total. The maximum atomic E-state index is 6.25. The summed E-state index contributed by atoms with van der Waals surface area (Å²) in [5.41, 5.74) is 3.46. The highest BCUT2D eigenvalue weighted by atomic mass is 35.5. The maximum absolute atomic E-state index is 6.25. The second-order valence-electron chi connectivity index (χ2n) is 8.92. The predicted octanol–water partition coefficient (Wildman–Crippen LogP) is 5.58. The van der Waals surface area contributed by atoms with Crippen LogP contribution in [-0.4, -0.2) is 61.3 Å². The molecular formula is C28H29ClN8O2. The number of nitrogens with zero attached hydrogens (tertiary/aromatic N) is 5. The van der Waals surface area contributed by atoms with Crippen LogP contribution in [0.1, 0.15) is 0 Å². The summed E-state index contributed by atoms with van der Waals surface area (Å²) in [4.78, 5) is 20.2. The van der Waals surface area contributed by atoms with E-state index in [1.165, 1.54) is 0 Å². The predicted molar refractivity (Wildman–Crippen MR) is 158 cm³/mol. The first-order chi connectivity index (χ1) is 18.9. The highest BCUT2D eigenvalue weighted by Gasteiger charge is 2.12. The molecule has 11 heteroatoms. The summed E-state index contributed by atoms with van der Waals surface area (Å²) in [6, 6.07) is 19.1. The van der Waals surface area contributed by atoms with E-state index < -0.39 is 0 Å². The summed E-state index contributed by atoms with van der Waals surface area (Å²) in [6.07, 6.45) is 0. The van der Waals surface area contributed by atoms with E-state index in [4.69, 9.17) is 26.1 Å².